The summed E-state index contributed by atoms with van der Waals surface area (Å²) in [6, 6.07) is 16.9. The highest BCUT2D eigenvalue weighted by atomic mass is 16.5. The molecule has 1 fully saturated rings. The van der Waals surface area contributed by atoms with Crippen LogP contribution in [0.3, 0.4) is 0 Å². The molecule has 1 atom stereocenters. The molecule has 1 aliphatic carbocycles. The van der Waals surface area contributed by atoms with Gasteiger partial charge in [0.25, 0.3) is 0 Å². The summed E-state index contributed by atoms with van der Waals surface area (Å²) >= 11 is 0. The van der Waals surface area contributed by atoms with E-state index in [9.17, 15) is 4.79 Å². The van der Waals surface area contributed by atoms with Gasteiger partial charge in [-0.15, -0.1) is 0 Å². The Morgan fingerprint density at radius 3 is 2.73 bits per heavy atom. The summed E-state index contributed by atoms with van der Waals surface area (Å²) in [4.78, 5) is 31.1. The summed E-state index contributed by atoms with van der Waals surface area (Å²) in [5.74, 6) is 1.83. The molecule has 0 unspecified atom stereocenters. The zero-order chi connectivity index (χ0) is 30.9. The Hall–Kier alpha value is -4.87. The molecular formula is C34H37N9O2. The van der Waals surface area contributed by atoms with Crippen LogP contribution in [0.25, 0.3) is 34.1 Å². The van der Waals surface area contributed by atoms with Crippen molar-refractivity contribution in [1.29, 1.82) is 0 Å². The van der Waals surface area contributed by atoms with Crippen LogP contribution in [0.15, 0.2) is 79.8 Å². The van der Waals surface area contributed by atoms with Gasteiger partial charge in [0.1, 0.15) is 11.3 Å². The molecule has 11 nitrogen and oxygen atoms in total. The number of ether oxygens (including phenoxy) is 1. The number of amides is 1. The van der Waals surface area contributed by atoms with Crippen molar-refractivity contribution >= 4 is 22.9 Å². The first-order valence-electron chi connectivity index (χ1n) is 15.5. The third-order valence-corrected chi connectivity index (χ3v) is 9.11. The van der Waals surface area contributed by atoms with Crippen molar-refractivity contribution in [2.24, 2.45) is 0 Å². The van der Waals surface area contributed by atoms with Gasteiger partial charge in [0.15, 0.2) is 17.3 Å². The zero-order valence-corrected chi connectivity index (χ0v) is 25.4. The van der Waals surface area contributed by atoms with Crippen LogP contribution in [0, 0.1) is 0 Å². The SMILES string of the molecule is C=CC(=O)N1CCC(N(CCOC)[C@H]2CCc3cc(-n4c(-c5cccnc5N)nc5ccc(-n6cccn6)nc54)ccc32)CC1. The van der Waals surface area contributed by atoms with Gasteiger partial charge in [-0.05, 0) is 85.4 Å². The van der Waals surface area contributed by atoms with E-state index in [4.69, 9.17) is 20.4 Å². The molecule has 5 aromatic rings. The molecule has 5 heterocycles. The number of fused-ring (bicyclic) bond motifs is 2. The standard InChI is InChI=1S/C34H37N9O2/c1-3-31(44)40-18-13-24(14-19-40)41(20-21-45-2)29-11-7-23-22-25(8-9-26(23)29)43-33(27-6-4-15-36-32(27)35)38-28-10-12-30(39-34(28)43)42-17-5-16-37-42/h3-6,8-10,12,15-17,22,24,29H,1,7,11,13-14,18-21H2,2H3,(H2,35,36)/t29-/m0/s1. The molecule has 7 rings (SSSR count). The molecule has 1 saturated heterocycles. The molecule has 1 amide bonds. The van der Waals surface area contributed by atoms with Gasteiger partial charge in [-0.1, -0.05) is 12.6 Å². The molecule has 0 radical (unpaired) electrons. The molecule has 11 heteroatoms. The minimum absolute atomic E-state index is 0.0151. The Labute approximate surface area is 262 Å². The third kappa shape index (κ3) is 5.38. The van der Waals surface area contributed by atoms with Crippen molar-refractivity contribution in [2.75, 3.05) is 39.1 Å². The Bertz CT molecular complexity index is 1840. The number of likely N-dealkylation sites (tertiary alicyclic amines) is 1. The van der Waals surface area contributed by atoms with Crippen molar-refractivity contribution in [3.05, 3.63) is 90.9 Å². The molecule has 1 aliphatic heterocycles. The molecule has 230 valence electrons. The lowest BCUT2D eigenvalue weighted by Crippen LogP contribution is -2.48. The number of aromatic nitrogens is 6. The number of rotatable bonds is 9. The largest absolute Gasteiger partial charge is 0.383 e. The van der Waals surface area contributed by atoms with Crippen LogP contribution in [-0.2, 0) is 16.0 Å². The maximum atomic E-state index is 12.2. The van der Waals surface area contributed by atoms with Gasteiger partial charge in [-0.3, -0.25) is 14.3 Å². The number of nitrogens with two attached hydrogens (primary N) is 1. The van der Waals surface area contributed by atoms with Crippen LogP contribution in [-0.4, -0.2) is 84.4 Å². The second-order valence-electron chi connectivity index (χ2n) is 11.6. The average Bonchev–Trinajstić information content (AvgIpc) is 3.84. The molecule has 2 aliphatic rings. The number of nitrogen functional groups attached to an aromatic ring is 1. The second-order valence-corrected chi connectivity index (χ2v) is 11.6. The molecule has 4 aromatic heterocycles. The minimum atomic E-state index is 0.0151. The van der Waals surface area contributed by atoms with E-state index in [0.717, 1.165) is 67.7 Å². The summed E-state index contributed by atoms with van der Waals surface area (Å²) in [7, 11) is 1.76. The first kappa shape index (κ1) is 28.9. The molecule has 0 saturated carbocycles. The lowest BCUT2D eigenvalue weighted by atomic mass is 9.98. The van der Waals surface area contributed by atoms with Gasteiger partial charge in [0.05, 0.1) is 12.2 Å². The van der Waals surface area contributed by atoms with E-state index in [-0.39, 0.29) is 11.9 Å². The quantitative estimate of drug-likeness (QED) is 0.247. The number of carbonyl (C=O) groups is 1. The van der Waals surface area contributed by atoms with Crippen molar-refractivity contribution in [3.63, 3.8) is 0 Å². The number of carbonyl (C=O) groups excluding carboxylic acids is 1. The predicted octanol–water partition coefficient (Wildman–Crippen LogP) is 4.36. The van der Waals surface area contributed by atoms with Crippen LogP contribution >= 0.6 is 0 Å². The van der Waals surface area contributed by atoms with E-state index in [1.54, 1.807) is 24.2 Å². The Morgan fingerprint density at radius 2 is 1.98 bits per heavy atom. The van der Waals surface area contributed by atoms with Gasteiger partial charge in [-0.25, -0.2) is 19.6 Å². The van der Waals surface area contributed by atoms with Gasteiger partial charge < -0.3 is 15.4 Å². The first-order chi connectivity index (χ1) is 22.1. The van der Waals surface area contributed by atoms with E-state index in [1.165, 1.54) is 17.2 Å². The zero-order valence-electron chi connectivity index (χ0n) is 25.4. The number of hydrogen-bond acceptors (Lipinski definition) is 8. The van der Waals surface area contributed by atoms with Crippen LogP contribution in [0.2, 0.25) is 0 Å². The summed E-state index contributed by atoms with van der Waals surface area (Å²) in [5.41, 5.74) is 12.2. The highest BCUT2D eigenvalue weighted by Crippen LogP contribution is 2.40. The van der Waals surface area contributed by atoms with E-state index >= 15 is 0 Å². The molecular weight excluding hydrogens is 566 g/mol. The summed E-state index contributed by atoms with van der Waals surface area (Å²) in [6.45, 7) is 6.67. The van der Waals surface area contributed by atoms with E-state index in [0.29, 0.717) is 30.1 Å². The number of methoxy groups -OCH3 is 1. The van der Waals surface area contributed by atoms with Crippen LogP contribution in [0.5, 0.6) is 0 Å². The van der Waals surface area contributed by atoms with Gasteiger partial charge in [-0.2, -0.15) is 5.10 Å². The third-order valence-electron chi connectivity index (χ3n) is 9.11. The van der Waals surface area contributed by atoms with Gasteiger partial charge >= 0.3 is 0 Å². The normalized spacial score (nSPS) is 16.8. The smallest absolute Gasteiger partial charge is 0.245 e. The van der Waals surface area contributed by atoms with Crippen LogP contribution in [0.4, 0.5) is 5.82 Å². The molecule has 2 N–H and O–H groups in total. The lowest BCUT2D eigenvalue weighted by molar-refractivity contribution is -0.127. The minimum Gasteiger partial charge on any atom is -0.383 e. The van der Waals surface area contributed by atoms with Gasteiger partial charge in [0.2, 0.25) is 5.91 Å². The predicted molar refractivity (Wildman–Crippen MR) is 173 cm³/mol. The number of anilines is 1. The Morgan fingerprint density at radius 1 is 1.11 bits per heavy atom. The fraction of sp³-hybridized carbons (Fsp3) is 0.324. The monoisotopic (exact) mass is 603 g/mol. The fourth-order valence-electron chi connectivity index (χ4n) is 6.91. The molecule has 0 bridgehead atoms. The average molecular weight is 604 g/mol. The summed E-state index contributed by atoms with van der Waals surface area (Å²) in [6.07, 6.45) is 10.6. The molecule has 45 heavy (non-hydrogen) atoms. The maximum Gasteiger partial charge on any atom is 0.245 e. The van der Waals surface area contributed by atoms with Crippen molar-refractivity contribution in [2.45, 2.75) is 37.8 Å². The van der Waals surface area contributed by atoms with E-state index in [1.807, 2.05) is 41.4 Å². The van der Waals surface area contributed by atoms with Crippen molar-refractivity contribution in [1.82, 2.24) is 39.1 Å². The van der Waals surface area contributed by atoms with Crippen molar-refractivity contribution < 1.29 is 9.53 Å². The van der Waals surface area contributed by atoms with Crippen LogP contribution < -0.4 is 5.73 Å². The number of pyridine rings is 2. The molecule has 0 spiro atoms. The number of aryl methyl sites for hydroxylation is 1. The topological polar surface area (TPSA) is 120 Å². The number of hydrogen-bond donors (Lipinski definition) is 1. The number of piperidine rings is 1. The number of nitrogens with zero attached hydrogens (tertiary/aromatic N) is 8. The Kier molecular flexibility index (Phi) is 7.86. The first-order valence-corrected chi connectivity index (χ1v) is 15.5. The highest BCUT2D eigenvalue weighted by molar-refractivity contribution is 5.87. The lowest BCUT2D eigenvalue weighted by Gasteiger charge is -2.41. The van der Waals surface area contributed by atoms with Gasteiger partial charge in [0, 0.05) is 63.1 Å². The molecule has 1 aromatic carbocycles. The second kappa shape index (κ2) is 12.3. The highest BCUT2D eigenvalue weighted by Gasteiger charge is 2.35. The number of imidazole rings is 1. The van der Waals surface area contributed by atoms with E-state index in [2.05, 4.69) is 44.3 Å². The summed E-state index contributed by atoms with van der Waals surface area (Å²) < 4.78 is 9.37. The summed E-state index contributed by atoms with van der Waals surface area (Å²) in [5, 5.41) is 4.38. The van der Waals surface area contributed by atoms with Crippen LogP contribution in [0.1, 0.15) is 36.4 Å². The number of benzene rings is 1. The Balaban J connectivity index is 1.27. The van der Waals surface area contributed by atoms with Crippen molar-refractivity contribution in [3.8, 4) is 22.9 Å². The van der Waals surface area contributed by atoms with E-state index < -0.39 is 0 Å². The maximum absolute atomic E-state index is 12.2. The fourth-order valence-corrected chi connectivity index (χ4v) is 6.91.